The van der Waals surface area contributed by atoms with Gasteiger partial charge in [-0.05, 0) is 55.8 Å². The fraction of sp³-hybridized carbons (Fsp3) is 0.207. The van der Waals surface area contributed by atoms with Crippen molar-refractivity contribution in [3.8, 4) is 16.9 Å². The van der Waals surface area contributed by atoms with E-state index >= 15 is 0 Å². The molecule has 208 valence electrons. The van der Waals surface area contributed by atoms with Gasteiger partial charge in [0, 0.05) is 23.2 Å². The number of benzene rings is 3. The first kappa shape index (κ1) is 29.2. The number of aromatic nitrogens is 2. The average Bonchev–Trinajstić information content (AvgIpc) is 3.31. The maximum atomic E-state index is 13.9. The van der Waals surface area contributed by atoms with Crippen LogP contribution in [0.15, 0.2) is 72.8 Å². The lowest BCUT2D eigenvalue weighted by Crippen LogP contribution is -2.31. The van der Waals surface area contributed by atoms with E-state index in [1.54, 1.807) is 55.5 Å². The third-order valence-electron chi connectivity index (χ3n) is 6.75. The quantitative estimate of drug-likeness (QED) is 0.238. The first-order valence-electron chi connectivity index (χ1n) is 12.1. The third-order valence-corrected chi connectivity index (χ3v) is 7.32. The van der Waals surface area contributed by atoms with E-state index in [0.717, 1.165) is 12.1 Å². The molecule has 0 saturated carbocycles. The van der Waals surface area contributed by atoms with Gasteiger partial charge in [0.25, 0.3) is 5.91 Å². The number of carboxylic acid groups (broad SMARTS) is 1. The monoisotopic (exact) mass is 589 g/mol. The molecule has 1 heterocycles. The largest absolute Gasteiger partial charge is 0.481 e. The van der Waals surface area contributed by atoms with Gasteiger partial charge in [-0.2, -0.15) is 18.3 Å². The van der Waals surface area contributed by atoms with E-state index in [2.05, 4.69) is 5.10 Å². The molecular weight excluding hydrogens is 566 g/mol. The molecule has 0 aliphatic carbocycles. The van der Waals surface area contributed by atoms with Crippen molar-refractivity contribution in [3.05, 3.63) is 105 Å². The summed E-state index contributed by atoms with van der Waals surface area (Å²) in [5.74, 6) is -2.95. The van der Waals surface area contributed by atoms with Gasteiger partial charge in [0.2, 0.25) is 0 Å². The topological polar surface area (TPSA) is 75.4 Å². The van der Waals surface area contributed by atoms with E-state index in [9.17, 15) is 27.9 Å². The zero-order chi connectivity index (χ0) is 29.4. The van der Waals surface area contributed by atoms with Crippen LogP contribution in [-0.4, -0.2) is 38.7 Å². The summed E-state index contributed by atoms with van der Waals surface area (Å²) in [6.07, 6.45) is -4.49. The molecule has 6 nitrogen and oxygen atoms in total. The lowest BCUT2D eigenvalue weighted by atomic mass is 9.94. The number of rotatable bonds is 7. The van der Waals surface area contributed by atoms with E-state index in [1.165, 1.54) is 35.7 Å². The third kappa shape index (κ3) is 5.71. The summed E-state index contributed by atoms with van der Waals surface area (Å²) in [5.41, 5.74) is 1.01. The van der Waals surface area contributed by atoms with Crippen LogP contribution in [0, 0.1) is 0 Å². The van der Waals surface area contributed by atoms with E-state index in [4.69, 9.17) is 23.2 Å². The van der Waals surface area contributed by atoms with Gasteiger partial charge in [0.15, 0.2) is 5.69 Å². The minimum absolute atomic E-state index is 0.124. The molecule has 1 unspecified atom stereocenters. The van der Waals surface area contributed by atoms with Crippen molar-refractivity contribution in [2.75, 3.05) is 7.05 Å². The molecule has 4 aromatic rings. The van der Waals surface area contributed by atoms with Crippen LogP contribution in [0.25, 0.3) is 16.9 Å². The Morgan fingerprint density at radius 3 is 2.10 bits per heavy atom. The number of carboxylic acids is 1. The van der Waals surface area contributed by atoms with Crippen LogP contribution >= 0.6 is 23.2 Å². The van der Waals surface area contributed by atoms with E-state index < -0.39 is 35.6 Å². The molecule has 0 radical (unpaired) electrons. The highest BCUT2D eigenvalue weighted by Crippen LogP contribution is 2.38. The Kier molecular flexibility index (Phi) is 8.28. The molecular formula is C29H24Cl2F3N3O3. The summed E-state index contributed by atoms with van der Waals surface area (Å²) < 4.78 is 40.6. The van der Waals surface area contributed by atoms with Crippen LogP contribution < -0.4 is 0 Å². The maximum Gasteiger partial charge on any atom is 0.416 e. The minimum Gasteiger partial charge on any atom is -0.481 e. The summed E-state index contributed by atoms with van der Waals surface area (Å²) in [6.45, 7) is 3.11. The Bertz CT molecular complexity index is 1550. The van der Waals surface area contributed by atoms with Crippen molar-refractivity contribution in [2.45, 2.75) is 32.0 Å². The van der Waals surface area contributed by atoms with Crippen molar-refractivity contribution in [1.82, 2.24) is 14.7 Å². The van der Waals surface area contributed by atoms with Gasteiger partial charge < -0.3 is 10.0 Å². The number of halogens is 5. The lowest BCUT2D eigenvalue weighted by molar-refractivity contribution is -0.138. The van der Waals surface area contributed by atoms with Crippen LogP contribution in [0.1, 0.15) is 53.0 Å². The normalized spacial score (nSPS) is 13.1. The van der Waals surface area contributed by atoms with E-state index in [1.807, 2.05) is 0 Å². The molecule has 0 aliphatic rings. The van der Waals surface area contributed by atoms with E-state index in [-0.39, 0.29) is 11.3 Å². The maximum absolute atomic E-state index is 13.9. The van der Waals surface area contributed by atoms with Crippen molar-refractivity contribution in [1.29, 1.82) is 0 Å². The Labute approximate surface area is 238 Å². The van der Waals surface area contributed by atoms with Crippen LogP contribution in [0.2, 0.25) is 10.0 Å². The summed E-state index contributed by atoms with van der Waals surface area (Å²) in [5, 5.41) is 15.4. The second kappa shape index (κ2) is 11.3. The predicted octanol–water partition coefficient (Wildman–Crippen LogP) is 7.89. The number of amides is 1. The molecule has 3 aromatic carbocycles. The van der Waals surface area contributed by atoms with Gasteiger partial charge in [-0.25, -0.2) is 4.68 Å². The van der Waals surface area contributed by atoms with Crippen LogP contribution in [0.3, 0.4) is 0 Å². The summed E-state index contributed by atoms with van der Waals surface area (Å²) >= 11 is 12.6. The summed E-state index contributed by atoms with van der Waals surface area (Å²) in [6, 6.07) is 17.3. The zero-order valence-corrected chi connectivity index (χ0v) is 23.1. The minimum atomic E-state index is -4.49. The van der Waals surface area contributed by atoms with Crippen molar-refractivity contribution >= 4 is 35.1 Å². The molecule has 4 rings (SSSR count). The first-order valence-corrected chi connectivity index (χ1v) is 12.9. The molecule has 0 aliphatic heterocycles. The molecule has 1 aromatic heterocycles. The van der Waals surface area contributed by atoms with Crippen molar-refractivity contribution in [3.63, 3.8) is 0 Å². The number of hydrogen-bond acceptors (Lipinski definition) is 3. The Morgan fingerprint density at radius 2 is 1.55 bits per heavy atom. The Morgan fingerprint density at radius 1 is 0.950 bits per heavy atom. The smallest absolute Gasteiger partial charge is 0.416 e. The van der Waals surface area contributed by atoms with Gasteiger partial charge in [0.1, 0.15) is 0 Å². The van der Waals surface area contributed by atoms with Gasteiger partial charge in [-0.1, -0.05) is 59.6 Å². The number of carbonyl (C=O) groups excluding carboxylic acids is 1. The average molecular weight is 590 g/mol. The molecule has 11 heteroatoms. The van der Waals surface area contributed by atoms with E-state index in [0.29, 0.717) is 32.6 Å². The molecule has 0 fully saturated rings. The lowest BCUT2D eigenvalue weighted by Gasteiger charge is -2.25. The second-order valence-electron chi connectivity index (χ2n) is 9.25. The first-order chi connectivity index (χ1) is 18.8. The van der Waals surface area contributed by atoms with Gasteiger partial charge >= 0.3 is 12.1 Å². The number of carbonyl (C=O) groups is 2. The Hall–Kier alpha value is -3.82. The molecule has 1 N–H and O–H groups in total. The SMILES string of the molecule is CC(C(=O)O)c1c(C(=O)N(C)[C@H](C)c2ccc(C(F)(F)F)cc2)nn(-c2ccccc2Cl)c1-c1ccc(Cl)cc1. The number of para-hydroxylation sites is 1. The number of alkyl halides is 3. The van der Waals surface area contributed by atoms with Crippen molar-refractivity contribution in [2.24, 2.45) is 0 Å². The van der Waals surface area contributed by atoms with Gasteiger partial charge in [-0.15, -0.1) is 0 Å². The molecule has 0 saturated heterocycles. The number of aliphatic carboxylic acids is 1. The van der Waals surface area contributed by atoms with Crippen LogP contribution in [-0.2, 0) is 11.0 Å². The summed E-state index contributed by atoms with van der Waals surface area (Å²) in [7, 11) is 1.48. The highest BCUT2D eigenvalue weighted by Gasteiger charge is 2.35. The standard InChI is InChI=1S/C29H24Cl2F3N3O3/c1-16(28(39)40)24-25(27(38)36(3)17(2)18-8-12-20(13-9-18)29(32,33)34)35-37(23-7-5-4-6-22(23)31)26(24)19-10-14-21(30)15-11-19/h4-17H,1-3H3,(H,39,40)/t16?,17-/m1/s1. The number of nitrogens with zero attached hydrogens (tertiary/aromatic N) is 3. The fourth-order valence-electron chi connectivity index (χ4n) is 4.32. The van der Waals surface area contributed by atoms with Crippen molar-refractivity contribution < 1.29 is 27.9 Å². The number of hydrogen-bond donors (Lipinski definition) is 1. The molecule has 0 bridgehead atoms. The van der Waals surface area contributed by atoms with Gasteiger partial charge in [-0.3, -0.25) is 9.59 Å². The fourth-order valence-corrected chi connectivity index (χ4v) is 4.66. The zero-order valence-electron chi connectivity index (χ0n) is 21.6. The summed E-state index contributed by atoms with van der Waals surface area (Å²) in [4.78, 5) is 27.5. The molecule has 2 atom stereocenters. The van der Waals surface area contributed by atoms with Gasteiger partial charge in [0.05, 0.1) is 33.9 Å². The van der Waals surface area contributed by atoms with Crippen LogP contribution in [0.4, 0.5) is 13.2 Å². The van der Waals surface area contributed by atoms with Crippen LogP contribution in [0.5, 0.6) is 0 Å². The highest BCUT2D eigenvalue weighted by molar-refractivity contribution is 6.32. The molecule has 0 spiro atoms. The Balaban J connectivity index is 1.89. The second-order valence-corrected chi connectivity index (χ2v) is 10.1. The molecule has 40 heavy (non-hydrogen) atoms. The predicted molar refractivity (Wildman–Crippen MR) is 147 cm³/mol. The highest BCUT2D eigenvalue weighted by atomic mass is 35.5. The molecule has 1 amide bonds.